The van der Waals surface area contributed by atoms with Crippen LogP contribution in [0.4, 0.5) is 27.5 Å². The van der Waals surface area contributed by atoms with E-state index >= 15 is 0 Å². The minimum atomic E-state index is -0.709. The molecule has 5 N–H and O–H groups in total. The maximum absolute atomic E-state index is 14.8. The standard InChI is InChI=1S/C24H24FN7O2/c1-32-8-6-13-9-18(25)20(10-14(13)12-32)30-24-28-11-17(21(26)33)22(31-24)29-19-4-2-3-16-15(19)5-7-27-23(16)34/h2-4,9-11H,5-8,12H2,1H3,(H2,26,33)(H,27,34)(H2,28,29,30,31). The van der Waals surface area contributed by atoms with Gasteiger partial charge < -0.3 is 26.6 Å². The van der Waals surface area contributed by atoms with Crippen molar-refractivity contribution in [2.75, 3.05) is 30.8 Å². The molecular weight excluding hydrogens is 437 g/mol. The third kappa shape index (κ3) is 4.15. The van der Waals surface area contributed by atoms with Crippen molar-refractivity contribution in [3.05, 3.63) is 70.2 Å². The highest BCUT2D eigenvalue weighted by atomic mass is 19.1. The number of amides is 2. The van der Waals surface area contributed by atoms with Crippen LogP contribution in [-0.4, -0.2) is 46.8 Å². The van der Waals surface area contributed by atoms with E-state index < -0.39 is 11.7 Å². The summed E-state index contributed by atoms with van der Waals surface area (Å²) in [4.78, 5) is 35.0. The minimum Gasteiger partial charge on any atom is -0.365 e. The summed E-state index contributed by atoms with van der Waals surface area (Å²) in [5.41, 5.74) is 9.92. The average Bonchev–Trinajstić information content (AvgIpc) is 2.80. The van der Waals surface area contributed by atoms with Gasteiger partial charge in [0.25, 0.3) is 11.8 Å². The molecule has 0 radical (unpaired) electrons. The number of benzene rings is 2. The number of fused-ring (bicyclic) bond motifs is 2. The molecule has 2 aliphatic rings. The summed E-state index contributed by atoms with van der Waals surface area (Å²) in [6, 6.07) is 8.61. The Kier molecular flexibility index (Phi) is 5.58. The zero-order valence-electron chi connectivity index (χ0n) is 18.6. The number of hydrogen-bond donors (Lipinski definition) is 4. The Labute approximate surface area is 195 Å². The molecule has 0 unspecified atom stereocenters. The van der Waals surface area contributed by atoms with E-state index in [9.17, 15) is 14.0 Å². The number of likely N-dealkylation sites (N-methyl/N-ethyl adjacent to an activating group) is 1. The Balaban J connectivity index is 1.48. The minimum absolute atomic E-state index is 0.0796. The lowest BCUT2D eigenvalue weighted by Gasteiger charge is -2.25. The lowest BCUT2D eigenvalue weighted by Crippen LogP contribution is -2.32. The number of nitrogens with zero attached hydrogens (tertiary/aromatic N) is 3. The third-order valence-electron chi connectivity index (χ3n) is 6.13. The number of carbonyl (C=O) groups excluding carboxylic acids is 2. The fraction of sp³-hybridized carbons (Fsp3) is 0.250. The number of carbonyl (C=O) groups is 2. The summed E-state index contributed by atoms with van der Waals surface area (Å²) < 4.78 is 14.8. The molecule has 0 saturated heterocycles. The molecule has 0 atom stereocenters. The zero-order chi connectivity index (χ0) is 23.8. The number of nitrogens with one attached hydrogen (secondary N) is 3. The van der Waals surface area contributed by atoms with Gasteiger partial charge in [0.15, 0.2) is 0 Å². The predicted molar refractivity (Wildman–Crippen MR) is 126 cm³/mol. The molecule has 174 valence electrons. The summed E-state index contributed by atoms with van der Waals surface area (Å²) >= 11 is 0. The Hall–Kier alpha value is -4.05. The highest BCUT2D eigenvalue weighted by molar-refractivity contribution is 6.00. The van der Waals surface area contributed by atoms with Gasteiger partial charge in [-0.3, -0.25) is 9.59 Å². The van der Waals surface area contributed by atoms with Crippen LogP contribution in [0.1, 0.15) is 37.4 Å². The topological polar surface area (TPSA) is 125 Å². The van der Waals surface area contributed by atoms with Crippen LogP contribution < -0.4 is 21.7 Å². The Morgan fingerprint density at radius 3 is 2.85 bits per heavy atom. The van der Waals surface area contributed by atoms with E-state index in [1.165, 1.54) is 6.20 Å². The lowest BCUT2D eigenvalue weighted by molar-refractivity contribution is 0.0944. The Bertz CT molecular complexity index is 1310. The fourth-order valence-electron chi connectivity index (χ4n) is 4.36. The summed E-state index contributed by atoms with van der Waals surface area (Å²) in [6.45, 7) is 2.12. The van der Waals surface area contributed by atoms with E-state index in [0.29, 0.717) is 24.2 Å². The average molecular weight is 462 g/mol. The maximum Gasteiger partial charge on any atom is 0.254 e. The molecule has 0 saturated carbocycles. The molecule has 9 nitrogen and oxygen atoms in total. The van der Waals surface area contributed by atoms with Gasteiger partial charge >= 0.3 is 0 Å². The molecule has 10 heteroatoms. The van der Waals surface area contributed by atoms with Gasteiger partial charge in [0, 0.05) is 37.1 Å². The molecule has 5 rings (SSSR count). The third-order valence-corrected chi connectivity index (χ3v) is 6.13. The van der Waals surface area contributed by atoms with Crippen molar-refractivity contribution in [1.29, 1.82) is 0 Å². The van der Waals surface area contributed by atoms with Gasteiger partial charge in [-0.25, -0.2) is 9.37 Å². The van der Waals surface area contributed by atoms with Crippen molar-refractivity contribution < 1.29 is 14.0 Å². The summed E-state index contributed by atoms with van der Waals surface area (Å²) in [6.07, 6.45) is 2.72. The number of hydrogen-bond acceptors (Lipinski definition) is 7. The van der Waals surface area contributed by atoms with Crippen molar-refractivity contribution in [3.8, 4) is 0 Å². The van der Waals surface area contributed by atoms with Crippen LogP contribution in [0.15, 0.2) is 36.5 Å². The summed E-state index contributed by atoms with van der Waals surface area (Å²) in [5.74, 6) is -0.984. The van der Waals surface area contributed by atoms with E-state index in [0.717, 1.165) is 36.2 Å². The van der Waals surface area contributed by atoms with Crippen LogP contribution in [0.2, 0.25) is 0 Å². The number of primary amides is 1. The molecule has 2 aromatic carbocycles. The van der Waals surface area contributed by atoms with E-state index in [2.05, 4.69) is 30.8 Å². The molecule has 0 fully saturated rings. The quantitative estimate of drug-likeness (QED) is 0.460. The van der Waals surface area contributed by atoms with Gasteiger partial charge in [-0.15, -0.1) is 0 Å². The van der Waals surface area contributed by atoms with Crippen molar-refractivity contribution in [2.24, 2.45) is 5.73 Å². The number of aromatic nitrogens is 2. The van der Waals surface area contributed by atoms with Crippen LogP contribution in [0.3, 0.4) is 0 Å². The van der Waals surface area contributed by atoms with Crippen molar-refractivity contribution in [3.63, 3.8) is 0 Å². The second kappa shape index (κ2) is 8.71. The number of halogens is 1. The maximum atomic E-state index is 14.8. The number of nitrogens with two attached hydrogens (primary N) is 1. The van der Waals surface area contributed by atoms with Crippen LogP contribution >= 0.6 is 0 Å². The highest BCUT2D eigenvalue weighted by Gasteiger charge is 2.22. The molecule has 3 aromatic rings. The smallest absolute Gasteiger partial charge is 0.254 e. The first kappa shape index (κ1) is 21.8. The molecule has 2 amide bonds. The highest BCUT2D eigenvalue weighted by Crippen LogP contribution is 2.29. The SMILES string of the molecule is CN1CCc2cc(F)c(Nc3ncc(C(N)=O)c(Nc4cccc5c4CCNC5=O)n3)cc2C1. The van der Waals surface area contributed by atoms with Gasteiger partial charge in [-0.2, -0.15) is 4.98 Å². The first-order valence-electron chi connectivity index (χ1n) is 11.0. The molecule has 0 bridgehead atoms. The van der Waals surface area contributed by atoms with Gasteiger partial charge in [-0.1, -0.05) is 6.07 Å². The van der Waals surface area contributed by atoms with Crippen LogP contribution in [0, 0.1) is 5.82 Å². The molecule has 0 aliphatic carbocycles. The van der Waals surface area contributed by atoms with Gasteiger partial charge in [0.2, 0.25) is 5.95 Å². The van der Waals surface area contributed by atoms with Crippen molar-refractivity contribution >= 4 is 35.0 Å². The van der Waals surface area contributed by atoms with Gasteiger partial charge in [-0.05, 0) is 60.8 Å². The van der Waals surface area contributed by atoms with Crippen molar-refractivity contribution in [1.82, 2.24) is 20.2 Å². The first-order chi connectivity index (χ1) is 16.4. The molecule has 34 heavy (non-hydrogen) atoms. The number of rotatable bonds is 5. The molecule has 0 spiro atoms. The second-order valence-corrected chi connectivity index (χ2v) is 8.50. The Morgan fingerprint density at radius 2 is 2.03 bits per heavy atom. The fourth-order valence-corrected chi connectivity index (χ4v) is 4.36. The van der Waals surface area contributed by atoms with E-state index in [1.54, 1.807) is 30.3 Å². The second-order valence-electron chi connectivity index (χ2n) is 8.50. The first-order valence-corrected chi connectivity index (χ1v) is 11.0. The lowest BCUT2D eigenvalue weighted by atomic mass is 9.98. The van der Waals surface area contributed by atoms with E-state index in [4.69, 9.17) is 5.73 Å². The summed E-state index contributed by atoms with van der Waals surface area (Å²) in [7, 11) is 2.02. The van der Waals surface area contributed by atoms with Crippen LogP contribution in [0.25, 0.3) is 0 Å². The molecule has 1 aromatic heterocycles. The predicted octanol–water partition coefficient (Wildman–Crippen LogP) is 2.48. The van der Waals surface area contributed by atoms with Crippen LogP contribution in [-0.2, 0) is 19.4 Å². The largest absolute Gasteiger partial charge is 0.365 e. The normalized spacial score (nSPS) is 15.2. The monoisotopic (exact) mass is 461 g/mol. The number of anilines is 4. The molecular formula is C24H24FN7O2. The van der Waals surface area contributed by atoms with Gasteiger partial charge in [0.05, 0.1) is 5.69 Å². The van der Waals surface area contributed by atoms with E-state index in [1.807, 2.05) is 7.05 Å². The van der Waals surface area contributed by atoms with Gasteiger partial charge in [0.1, 0.15) is 17.2 Å². The summed E-state index contributed by atoms with van der Waals surface area (Å²) in [5, 5.41) is 8.86. The van der Waals surface area contributed by atoms with Crippen molar-refractivity contribution in [2.45, 2.75) is 19.4 Å². The van der Waals surface area contributed by atoms with Crippen LogP contribution in [0.5, 0.6) is 0 Å². The van der Waals surface area contributed by atoms with E-state index in [-0.39, 0.29) is 28.9 Å². The molecule has 2 aliphatic heterocycles. The Morgan fingerprint density at radius 1 is 1.18 bits per heavy atom. The zero-order valence-corrected chi connectivity index (χ0v) is 18.6. The molecule has 3 heterocycles.